The van der Waals surface area contributed by atoms with Gasteiger partial charge in [0.1, 0.15) is 0 Å². The van der Waals surface area contributed by atoms with Crippen LogP contribution in [0.15, 0.2) is 16.5 Å². The van der Waals surface area contributed by atoms with Crippen LogP contribution in [0.2, 0.25) is 5.35 Å². The second-order valence-corrected chi connectivity index (χ2v) is 6.79. The van der Waals surface area contributed by atoms with E-state index in [1.807, 2.05) is 0 Å². The normalized spacial score (nSPS) is 27.2. The van der Waals surface area contributed by atoms with Gasteiger partial charge in [0.2, 0.25) is 0 Å². The molecular formula is C13H13ClN4O2S. The first kappa shape index (κ1) is 13.2. The first-order valence-electron chi connectivity index (χ1n) is 6.85. The number of nitrogens with zero attached hydrogens (tertiary/aromatic N) is 2. The van der Waals surface area contributed by atoms with E-state index >= 15 is 0 Å². The Bertz CT molecular complexity index is 685. The SMILES string of the molecule is O=C(NC1CC2CCC1N2)c1ccc(-c2nnc(Cl)o2)s1. The monoisotopic (exact) mass is 324 g/mol. The lowest BCUT2D eigenvalue weighted by Crippen LogP contribution is -2.42. The van der Waals surface area contributed by atoms with Crippen molar-refractivity contribution in [2.75, 3.05) is 0 Å². The molecule has 0 spiro atoms. The van der Waals surface area contributed by atoms with Gasteiger partial charge in [-0.25, -0.2) is 0 Å². The van der Waals surface area contributed by atoms with Crippen molar-refractivity contribution in [1.29, 1.82) is 0 Å². The van der Waals surface area contributed by atoms with Gasteiger partial charge in [-0.3, -0.25) is 4.79 Å². The molecule has 2 aromatic heterocycles. The summed E-state index contributed by atoms with van der Waals surface area (Å²) in [6, 6.07) is 4.80. The molecule has 4 heterocycles. The molecule has 2 aromatic rings. The smallest absolute Gasteiger partial charge is 0.313 e. The van der Waals surface area contributed by atoms with Crippen LogP contribution in [-0.2, 0) is 0 Å². The minimum Gasteiger partial charge on any atom is -0.407 e. The number of thiophene rings is 1. The third-order valence-electron chi connectivity index (χ3n) is 4.06. The fourth-order valence-electron chi connectivity index (χ4n) is 3.10. The lowest BCUT2D eigenvalue weighted by Gasteiger charge is -2.20. The summed E-state index contributed by atoms with van der Waals surface area (Å²) in [6.45, 7) is 0. The molecule has 6 nitrogen and oxygen atoms in total. The molecule has 2 bridgehead atoms. The molecule has 2 saturated heterocycles. The molecule has 3 unspecified atom stereocenters. The van der Waals surface area contributed by atoms with Crippen LogP contribution < -0.4 is 10.6 Å². The summed E-state index contributed by atoms with van der Waals surface area (Å²) in [5, 5.41) is 14.0. The van der Waals surface area contributed by atoms with Crippen molar-refractivity contribution in [2.24, 2.45) is 0 Å². The van der Waals surface area contributed by atoms with Gasteiger partial charge in [-0.2, -0.15) is 0 Å². The number of nitrogens with one attached hydrogen (secondary N) is 2. The molecule has 0 saturated carbocycles. The van der Waals surface area contributed by atoms with Crippen LogP contribution in [0.3, 0.4) is 0 Å². The van der Waals surface area contributed by atoms with E-state index in [1.54, 1.807) is 12.1 Å². The summed E-state index contributed by atoms with van der Waals surface area (Å²) in [7, 11) is 0. The Kier molecular flexibility index (Phi) is 3.20. The molecule has 2 aliphatic heterocycles. The summed E-state index contributed by atoms with van der Waals surface area (Å²) in [4.78, 5) is 13.7. The Morgan fingerprint density at radius 1 is 1.43 bits per heavy atom. The largest absolute Gasteiger partial charge is 0.407 e. The maximum atomic E-state index is 12.3. The summed E-state index contributed by atoms with van der Waals surface area (Å²) in [5.41, 5.74) is 0. The first-order chi connectivity index (χ1) is 10.2. The second kappa shape index (κ2) is 5.08. The van der Waals surface area contributed by atoms with E-state index in [4.69, 9.17) is 16.0 Å². The predicted octanol–water partition coefficient (Wildman–Crippen LogP) is 2.07. The zero-order chi connectivity index (χ0) is 14.4. The summed E-state index contributed by atoms with van der Waals surface area (Å²) < 4.78 is 5.15. The van der Waals surface area contributed by atoms with Gasteiger partial charge >= 0.3 is 5.35 Å². The standard InChI is InChI=1S/C13H13ClN4O2S/c14-13-18-17-12(20-13)10-4-3-9(21-10)11(19)16-8-5-6-1-2-7(8)15-6/h3-4,6-8,15H,1-2,5H2,(H,16,19). The highest BCUT2D eigenvalue weighted by atomic mass is 35.5. The number of fused-ring (bicyclic) bond motifs is 2. The number of hydrogen-bond donors (Lipinski definition) is 2. The molecule has 21 heavy (non-hydrogen) atoms. The van der Waals surface area contributed by atoms with Crippen molar-refractivity contribution >= 4 is 28.8 Å². The van der Waals surface area contributed by atoms with Crippen molar-refractivity contribution in [1.82, 2.24) is 20.8 Å². The average molecular weight is 325 g/mol. The van der Waals surface area contributed by atoms with Gasteiger partial charge in [-0.05, 0) is 43.0 Å². The molecule has 110 valence electrons. The van der Waals surface area contributed by atoms with Crippen molar-refractivity contribution in [3.8, 4) is 10.8 Å². The van der Waals surface area contributed by atoms with Crippen LogP contribution >= 0.6 is 22.9 Å². The quantitative estimate of drug-likeness (QED) is 0.903. The molecule has 0 aromatic carbocycles. The van der Waals surface area contributed by atoms with Gasteiger partial charge < -0.3 is 15.1 Å². The lowest BCUT2D eigenvalue weighted by atomic mass is 9.95. The van der Waals surface area contributed by atoms with Crippen LogP contribution in [0.4, 0.5) is 0 Å². The Labute approximate surface area is 129 Å². The lowest BCUT2D eigenvalue weighted by molar-refractivity contribution is 0.0935. The summed E-state index contributed by atoms with van der Waals surface area (Å²) in [6.07, 6.45) is 3.39. The number of carbonyl (C=O) groups excluding carboxylic acids is 1. The van der Waals surface area contributed by atoms with Crippen molar-refractivity contribution in [3.63, 3.8) is 0 Å². The van der Waals surface area contributed by atoms with E-state index in [0.29, 0.717) is 22.9 Å². The van der Waals surface area contributed by atoms with Gasteiger partial charge in [-0.15, -0.1) is 16.4 Å². The van der Waals surface area contributed by atoms with Crippen molar-refractivity contribution in [3.05, 3.63) is 22.4 Å². The van der Waals surface area contributed by atoms with Crippen molar-refractivity contribution < 1.29 is 9.21 Å². The first-order valence-corrected chi connectivity index (χ1v) is 8.04. The topological polar surface area (TPSA) is 80.0 Å². The van der Waals surface area contributed by atoms with Crippen LogP contribution in [-0.4, -0.2) is 34.2 Å². The Hall–Kier alpha value is -1.44. The number of halogens is 1. The summed E-state index contributed by atoms with van der Waals surface area (Å²) >= 11 is 6.93. The van der Waals surface area contributed by atoms with Crippen LogP contribution in [0.25, 0.3) is 10.8 Å². The predicted molar refractivity (Wildman–Crippen MR) is 78.4 cm³/mol. The highest BCUT2D eigenvalue weighted by Gasteiger charge is 2.39. The van der Waals surface area contributed by atoms with Crippen LogP contribution in [0, 0.1) is 0 Å². The molecule has 4 rings (SSSR count). The number of carbonyl (C=O) groups is 1. The third kappa shape index (κ3) is 2.45. The zero-order valence-electron chi connectivity index (χ0n) is 11.0. The highest BCUT2D eigenvalue weighted by Crippen LogP contribution is 2.30. The van der Waals surface area contributed by atoms with Gasteiger partial charge in [0, 0.05) is 18.1 Å². The number of amides is 1. The van der Waals surface area contributed by atoms with E-state index in [-0.39, 0.29) is 17.3 Å². The van der Waals surface area contributed by atoms with E-state index in [9.17, 15) is 4.79 Å². The average Bonchev–Trinajstić information content (AvgIpc) is 3.22. The van der Waals surface area contributed by atoms with Crippen LogP contribution in [0.5, 0.6) is 0 Å². The number of rotatable bonds is 3. The summed E-state index contributed by atoms with van der Waals surface area (Å²) in [5.74, 6) is 0.293. The molecule has 0 aliphatic carbocycles. The Morgan fingerprint density at radius 2 is 2.33 bits per heavy atom. The molecule has 2 fully saturated rings. The molecular weight excluding hydrogens is 312 g/mol. The van der Waals surface area contributed by atoms with E-state index in [0.717, 1.165) is 17.7 Å². The maximum absolute atomic E-state index is 12.3. The maximum Gasteiger partial charge on any atom is 0.313 e. The van der Waals surface area contributed by atoms with Gasteiger partial charge in [-0.1, -0.05) is 5.10 Å². The Morgan fingerprint density at radius 3 is 3.00 bits per heavy atom. The van der Waals surface area contributed by atoms with Gasteiger partial charge in [0.25, 0.3) is 11.8 Å². The molecule has 8 heteroatoms. The number of hydrogen-bond acceptors (Lipinski definition) is 6. The van der Waals surface area contributed by atoms with E-state index in [1.165, 1.54) is 17.8 Å². The minimum atomic E-state index is -0.0452. The van der Waals surface area contributed by atoms with Gasteiger partial charge in [0.15, 0.2) is 0 Å². The fraction of sp³-hybridized carbons (Fsp3) is 0.462. The van der Waals surface area contributed by atoms with Crippen LogP contribution in [0.1, 0.15) is 28.9 Å². The highest BCUT2D eigenvalue weighted by molar-refractivity contribution is 7.17. The fourth-order valence-corrected chi connectivity index (χ4v) is 4.04. The Balaban J connectivity index is 1.46. The molecule has 1 amide bonds. The molecule has 2 aliphatic rings. The number of aromatic nitrogens is 2. The second-order valence-electron chi connectivity index (χ2n) is 5.39. The van der Waals surface area contributed by atoms with Gasteiger partial charge in [0.05, 0.1) is 9.75 Å². The molecule has 2 N–H and O–H groups in total. The third-order valence-corrected chi connectivity index (χ3v) is 5.28. The van der Waals surface area contributed by atoms with E-state index < -0.39 is 0 Å². The van der Waals surface area contributed by atoms with Crippen molar-refractivity contribution in [2.45, 2.75) is 37.4 Å². The zero-order valence-corrected chi connectivity index (χ0v) is 12.6. The van der Waals surface area contributed by atoms with E-state index in [2.05, 4.69) is 20.8 Å². The minimum absolute atomic E-state index is 0.00235. The molecule has 0 radical (unpaired) electrons. The molecule has 3 atom stereocenters.